The molecule has 1 heterocycles. The zero-order valence-corrected chi connectivity index (χ0v) is 9.33. The van der Waals surface area contributed by atoms with E-state index in [1.54, 1.807) is 0 Å². The van der Waals surface area contributed by atoms with Gasteiger partial charge in [-0.25, -0.2) is 19.0 Å². The number of alkyl halides is 1. The largest absolute Gasteiger partial charge is 0.476 e. The number of carboxylic acids is 1. The third-order valence-electron chi connectivity index (χ3n) is 2.34. The smallest absolute Gasteiger partial charge is 0.405 e. The van der Waals surface area contributed by atoms with Crippen LogP contribution in [0.2, 0.25) is 0 Å². The highest BCUT2D eigenvalue weighted by atomic mass is 32.1. The molecule has 0 aliphatic heterocycles. The molecule has 1 saturated carbocycles. The standard InChI is InChI=1S/C9H9FN2O4S/c10-4-1-3(4)7-6(8(13)14)12-5(17-7)2-11-9(15)16/h3-4,11H,1-2H2,(H,13,14)(H,15,16)/t3-,4+/m1/s1. The molecule has 3 N–H and O–H groups in total. The first-order chi connectivity index (χ1) is 7.99. The number of hydrogen-bond donors (Lipinski definition) is 3. The number of hydrogen-bond acceptors (Lipinski definition) is 4. The van der Waals surface area contributed by atoms with E-state index in [1.165, 1.54) is 0 Å². The average Bonchev–Trinajstić information content (AvgIpc) is 2.81. The fraction of sp³-hybridized carbons (Fsp3) is 0.444. The molecule has 8 heteroatoms. The van der Waals surface area contributed by atoms with E-state index >= 15 is 0 Å². The second-order valence-corrected chi connectivity index (χ2v) is 4.76. The van der Waals surface area contributed by atoms with E-state index in [-0.39, 0.29) is 12.2 Å². The maximum absolute atomic E-state index is 12.9. The van der Waals surface area contributed by atoms with Crippen molar-refractivity contribution >= 4 is 23.4 Å². The predicted molar refractivity (Wildman–Crippen MR) is 56.2 cm³/mol. The van der Waals surface area contributed by atoms with Crippen LogP contribution in [0, 0.1) is 0 Å². The van der Waals surface area contributed by atoms with Crippen molar-refractivity contribution in [2.45, 2.75) is 25.1 Å². The molecule has 6 nitrogen and oxygen atoms in total. The lowest BCUT2D eigenvalue weighted by Gasteiger charge is -1.94. The Labute approximate surface area is 99.1 Å². The molecule has 0 spiro atoms. The SMILES string of the molecule is O=C(O)NCc1nc(C(=O)O)c([C@@H]2C[C@@H]2F)s1. The molecule has 1 fully saturated rings. The van der Waals surface area contributed by atoms with E-state index in [1.807, 2.05) is 0 Å². The van der Waals surface area contributed by atoms with E-state index in [2.05, 4.69) is 10.3 Å². The number of rotatable bonds is 4. The van der Waals surface area contributed by atoms with Gasteiger partial charge in [-0.1, -0.05) is 0 Å². The fourth-order valence-corrected chi connectivity index (χ4v) is 2.60. The van der Waals surface area contributed by atoms with E-state index in [9.17, 15) is 14.0 Å². The summed E-state index contributed by atoms with van der Waals surface area (Å²) in [5.74, 6) is -1.60. The Morgan fingerprint density at radius 1 is 1.53 bits per heavy atom. The minimum atomic E-state index is -1.21. The van der Waals surface area contributed by atoms with Crippen LogP contribution in [0.3, 0.4) is 0 Å². The Kier molecular flexibility index (Phi) is 2.97. The van der Waals surface area contributed by atoms with Crippen LogP contribution in [-0.4, -0.2) is 33.4 Å². The van der Waals surface area contributed by atoms with Crippen LogP contribution in [0.4, 0.5) is 9.18 Å². The Hall–Kier alpha value is -1.70. The molecule has 1 aliphatic rings. The second-order valence-electron chi connectivity index (χ2n) is 3.64. The van der Waals surface area contributed by atoms with Gasteiger partial charge in [0.05, 0.1) is 6.54 Å². The van der Waals surface area contributed by atoms with Crippen molar-refractivity contribution in [3.63, 3.8) is 0 Å². The second kappa shape index (κ2) is 4.28. The Morgan fingerprint density at radius 2 is 2.18 bits per heavy atom. The van der Waals surface area contributed by atoms with Gasteiger partial charge in [0, 0.05) is 10.8 Å². The molecule has 0 aromatic carbocycles. The Balaban J connectivity index is 2.19. The van der Waals surface area contributed by atoms with Gasteiger partial charge in [-0.3, -0.25) is 0 Å². The van der Waals surface area contributed by atoms with Gasteiger partial charge < -0.3 is 15.5 Å². The molecule has 2 rings (SSSR count). The normalized spacial score (nSPS) is 22.2. The van der Waals surface area contributed by atoms with Crippen molar-refractivity contribution in [1.82, 2.24) is 10.3 Å². The number of halogens is 1. The highest BCUT2D eigenvalue weighted by molar-refractivity contribution is 7.12. The summed E-state index contributed by atoms with van der Waals surface area (Å²) in [5.41, 5.74) is -0.165. The molecule has 1 amide bonds. The molecule has 2 atom stereocenters. The maximum Gasteiger partial charge on any atom is 0.405 e. The zero-order valence-electron chi connectivity index (χ0n) is 8.51. The van der Waals surface area contributed by atoms with Crippen molar-refractivity contribution in [3.8, 4) is 0 Å². The molecule has 0 radical (unpaired) electrons. The van der Waals surface area contributed by atoms with Crippen molar-refractivity contribution in [3.05, 3.63) is 15.6 Å². The van der Waals surface area contributed by atoms with E-state index in [0.29, 0.717) is 16.3 Å². The summed E-state index contributed by atoms with van der Waals surface area (Å²) in [6.45, 7) is -0.0655. The summed E-state index contributed by atoms with van der Waals surface area (Å²) in [6, 6.07) is 0. The van der Waals surface area contributed by atoms with E-state index in [0.717, 1.165) is 11.3 Å². The predicted octanol–water partition coefficient (Wildman–Crippen LogP) is 1.43. The average molecular weight is 260 g/mol. The summed E-state index contributed by atoms with van der Waals surface area (Å²) >= 11 is 1.05. The summed E-state index contributed by atoms with van der Waals surface area (Å²) < 4.78 is 12.9. The quantitative estimate of drug-likeness (QED) is 0.760. The molecule has 92 valence electrons. The summed E-state index contributed by atoms with van der Waals surface area (Å²) in [5, 5.41) is 19.7. The number of thiazole rings is 1. The molecule has 0 saturated heterocycles. The van der Waals surface area contributed by atoms with Crippen molar-refractivity contribution in [1.29, 1.82) is 0 Å². The number of aromatic carboxylic acids is 1. The molecule has 17 heavy (non-hydrogen) atoms. The number of aromatic nitrogens is 1. The van der Waals surface area contributed by atoms with Gasteiger partial charge in [0.1, 0.15) is 11.2 Å². The summed E-state index contributed by atoms with van der Waals surface area (Å²) in [7, 11) is 0. The zero-order chi connectivity index (χ0) is 12.6. The number of nitrogens with zero attached hydrogens (tertiary/aromatic N) is 1. The van der Waals surface area contributed by atoms with Crippen LogP contribution in [0.15, 0.2) is 0 Å². The van der Waals surface area contributed by atoms with Crippen LogP contribution < -0.4 is 5.32 Å². The van der Waals surface area contributed by atoms with Crippen LogP contribution in [-0.2, 0) is 6.54 Å². The molecule has 1 aromatic heterocycles. The van der Waals surface area contributed by atoms with Crippen molar-refractivity contribution in [2.75, 3.05) is 0 Å². The van der Waals surface area contributed by atoms with Gasteiger partial charge in [-0.05, 0) is 6.42 Å². The number of carbonyl (C=O) groups is 2. The fourth-order valence-electron chi connectivity index (χ4n) is 1.44. The first kappa shape index (κ1) is 11.8. The molecule has 0 unspecified atom stereocenters. The van der Waals surface area contributed by atoms with Crippen LogP contribution in [0.5, 0.6) is 0 Å². The van der Waals surface area contributed by atoms with Gasteiger partial charge in [0.25, 0.3) is 0 Å². The van der Waals surface area contributed by atoms with Crippen LogP contribution in [0.1, 0.15) is 32.7 Å². The highest BCUT2D eigenvalue weighted by Gasteiger charge is 2.43. The van der Waals surface area contributed by atoms with Gasteiger partial charge in [0.15, 0.2) is 5.69 Å². The Morgan fingerprint density at radius 3 is 2.65 bits per heavy atom. The number of nitrogens with one attached hydrogen (secondary N) is 1. The van der Waals surface area contributed by atoms with Gasteiger partial charge >= 0.3 is 12.1 Å². The highest BCUT2D eigenvalue weighted by Crippen LogP contribution is 2.47. The Bertz CT molecular complexity index is 476. The van der Waals surface area contributed by atoms with Gasteiger partial charge in [-0.2, -0.15) is 0 Å². The third kappa shape index (κ3) is 2.52. The first-order valence-electron chi connectivity index (χ1n) is 4.82. The lowest BCUT2D eigenvalue weighted by atomic mass is 10.3. The molecule has 1 aliphatic carbocycles. The monoisotopic (exact) mass is 260 g/mol. The van der Waals surface area contributed by atoms with E-state index in [4.69, 9.17) is 10.2 Å². The van der Waals surface area contributed by atoms with Crippen molar-refractivity contribution in [2.24, 2.45) is 0 Å². The van der Waals surface area contributed by atoms with Crippen molar-refractivity contribution < 1.29 is 24.2 Å². The lowest BCUT2D eigenvalue weighted by Crippen LogP contribution is -2.19. The minimum Gasteiger partial charge on any atom is -0.476 e. The first-order valence-corrected chi connectivity index (χ1v) is 5.64. The molecule has 0 bridgehead atoms. The van der Waals surface area contributed by atoms with Gasteiger partial charge in [0.2, 0.25) is 0 Å². The third-order valence-corrected chi connectivity index (χ3v) is 3.53. The van der Waals surface area contributed by atoms with E-state index < -0.39 is 24.2 Å². The molecular formula is C9H9FN2O4S. The van der Waals surface area contributed by atoms with Gasteiger partial charge in [-0.15, -0.1) is 11.3 Å². The summed E-state index contributed by atoms with van der Waals surface area (Å²) in [4.78, 5) is 25.4. The minimum absolute atomic E-state index is 0.0655. The molecule has 1 aromatic rings. The van der Waals surface area contributed by atoms with Crippen LogP contribution in [0.25, 0.3) is 0 Å². The number of carboxylic acid groups (broad SMARTS) is 2. The molecular weight excluding hydrogens is 251 g/mol. The maximum atomic E-state index is 12.9. The lowest BCUT2D eigenvalue weighted by molar-refractivity contribution is 0.0690. The van der Waals surface area contributed by atoms with Crippen LogP contribution >= 0.6 is 11.3 Å². The topological polar surface area (TPSA) is 99.5 Å². The number of amides is 1. The summed E-state index contributed by atoms with van der Waals surface area (Å²) in [6.07, 6.45) is -1.91.